The summed E-state index contributed by atoms with van der Waals surface area (Å²) in [5, 5.41) is 1.59. The minimum atomic E-state index is 0.297. The molecule has 0 unspecified atom stereocenters. The second-order valence-electron chi connectivity index (χ2n) is 3.53. The molecule has 0 atom stereocenters. The number of nitrogens with two attached hydrogens (primary N) is 1. The number of hydrogen-bond donors (Lipinski definition) is 2. The van der Waals surface area contributed by atoms with Crippen LogP contribution in [0.15, 0.2) is 22.4 Å². The lowest BCUT2D eigenvalue weighted by atomic mass is 10.4. The molecule has 2 heterocycles. The number of nitrogens with one attached hydrogen (secondary N) is 1. The van der Waals surface area contributed by atoms with Gasteiger partial charge in [-0.15, -0.1) is 0 Å². The fourth-order valence-corrected chi connectivity index (χ4v) is 2.36. The normalized spacial score (nSPS) is 10.4. The number of halogens is 1. The van der Waals surface area contributed by atoms with Crippen molar-refractivity contribution in [2.75, 3.05) is 5.43 Å². The van der Waals surface area contributed by atoms with Crippen LogP contribution in [0.5, 0.6) is 0 Å². The number of hydrogen-bond acceptors (Lipinski definition) is 7. The highest BCUT2D eigenvalue weighted by atomic mass is 35.5. The third-order valence-corrected chi connectivity index (χ3v) is 3.25. The van der Waals surface area contributed by atoms with Gasteiger partial charge in [0.05, 0.1) is 11.2 Å². The van der Waals surface area contributed by atoms with Crippen LogP contribution in [-0.2, 0) is 0 Å². The Hall–Kier alpha value is -1.44. The number of rotatable bonds is 3. The average molecular weight is 283 g/mol. The molecule has 0 aliphatic heterocycles. The first kappa shape index (κ1) is 13.0. The van der Waals surface area contributed by atoms with Crippen molar-refractivity contribution < 1.29 is 0 Å². The summed E-state index contributed by atoms with van der Waals surface area (Å²) in [4.78, 5) is 16.7. The standard InChI is InChI=1S/C10H11ClN6S/c1-5-3-6(2)15-10(14-5)18-8-7(11)4-13-9(16-8)17-12/h3-4H,12H2,1-2H3,(H,13,16,17). The van der Waals surface area contributed by atoms with Gasteiger partial charge in [-0.25, -0.2) is 25.8 Å². The van der Waals surface area contributed by atoms with Crippen LogP contribution >= 0.6 is 23.4 Å². The summed E-state index contributed by atoms with van der Waals surface area (Å²) < 4.78 is 0. The first-order valence-electron chi connectivity index (χ1n) is 5.08. The average Bonchev–Trinajstić information content (AvgIpc) is 2.30. The monoisotopic (exact) mass is 282 g/mol. The topological polar surface area (TPSA) is 89.6 Å². The van der Waals surface area contributed by atoms with E-state index in [-0.39, 0.29) is 0 Å². The molecule has 0 saturated heterocycles. The number of aryl methyl sites for hydroxylation is 2. The fraction of sp³-hybridized carbons (Fsp3) is 0.200. The van der Waals surface area contributed by atoms with Gasteiger partial charge in [-0.05, 0) is 31.7 Å². The van der Waals surface area contributed by atoms with Crippen molar-refractivity contribution in [3.8, 4) is 0 Å². The maximum Gasteiger partial charge on any atom is 0.238 e. The van der Waals surface area contributed by atoms with Crippen molar-refractivity contribution in [3.63, 3.8) is 0 Å². The van der Waals surface area contributed by atoms with E-state index in [2.05, 4.69) is 25.4 Å². The molecule has 18 heavy (non-hydrogen) atoms. The lowest BCUT2D eigenvalue weighted by Crippen LogP contribution is -2.10. The fourth-order valence-electron chi connectivity index (χ4n) is 1.32. The molecule has 2 aromatic heterocycles. The van der Waals surface area contributed by atoms with Crippen molar-refractivity contribution in [1.82, 2.24) is 19.9 Å². The van der Waals surface area contributed by atoms with E-state index in [0.29, 0.717) is 21.2 Å². The third-order valence-electron chi connectivity index (χ3n) is 1.99. The SMILES string of the molecule is Cc1cc(C)nc(Sc2nc(NN)ncc2Cl)n1. The predicted octanol–water partition coefficient (Wildman–Crippen LogP) is 1.97. The Morgan fingerprint density at radius 2 is 1.89 bits per heavy atom. The molecule has 94 valence electrons. The van der Waals surface area contributed by atoms with Crippen LogP contribution in [-0.4, -0.2) is 19.9 Å². The van der Waals surface area contributed by atoms with E-state index in [0.717, 1.165) is 11.4 Å². The van der Waals surface area contributed by atoms with Crippen LogP contribution in [0, 0.1) is 13.8 Å². The van der Waals surface area contributed by atoms with Crippen LogP contribution in [0.25, 0.3) is 0 Å². The van der Waals surface area contributed by atoms with Gasteiger partial charge in [0, 0.05) is 11.4 Å². The predicted molar refractivity (Wildman–Crippen MR) is 70.5 cm³/mol. The van der Waals surface area contributed by atoms with Gasteiger partial charge in [-0.3, -0.25) is 5.43 Å². The zero-order chi connectivity index (χ0) is 13.1. The molecule has 0 spiro atoms. The molecule has 0 saturated carbocycles. The van der Waals surface area contributed by atoms with Crippen molar-refractivity contribution in [2.45, 2.75) is 24.0 Å². The number of nitrogens with zero attached hydrogens (tertiary/aromatic N) is 4. The lowest BCUT2D eigenvalue weighted by Gasteiger charge is -2.05. The molecule has 0 bridgehead atoms. The Labute approximate surface area is 113 Å². The second kappa shape index (κ2) is 5.47. The van der Waals surface area contributed by atoms with Crippen LogP contribution in [0.3, 0.4) is 0 Å². The van der Waals surface area contributed by atoms with Crippen molar-refractivity contribution in [1.29, 1.82) is 0 Å². The number of nitrogen functional groups attached to an aromatic ring is 1. The van der Waals surface area contributed by atoms with E-state index in [4.69, 9.17) is 17.4 Å². The molecule has 0 aliphatic rings. The Kier molecular flexibility index (Phi) is 3.95. The summed E-state index contributed by atoms with van der Waals surface area (Å²) in [5.41, 5.74) is 4.16. The highest BCUT2D eigenvalue weighted by molar-refractivity contribution is 7.99. The highest BCUT2D eigenvalue weighted by Gasteiger charge is 2.09. The molecule has 6 nitrogen and oxygen atoms in total. The molecular formula is C10H11ClN6S. The zero-order valence-corrected chi connectivity index (χ0v) is 11.4. The molecule has 0 aromatic carbocycles. The van der Waals surface area contributed by atoms with E-state index in [9.17, 15) is 0 Å². The van der Waals surface area contributed by atoms with Gasteiger partial charge in [-0.1, -0.05) is 11.6 Å². The number of hydrazine groups is 1. The van der Waals surface area contributed by atoms with Gasteiger partial charge in [-0.2, -0.15) is 0 Å². The first-order chi connectivity index (χ1) is 8.58. The zero-order valence-electron chi connectivity index (χ0n) is 9.81. The summed E-state index contributed by atoms with van der Waals surface area (Å²) in [5.74, 6) is 5.55. The quantitative estimate of drug-likeness (QED) is 0.385. The van der Waals surface area contributed by atoms with Crippen LogP contribution in [0.2, 0.25) is 5.02 Å². The largest absolute Gasteiger partial charge is 0.292 e. The van der Waals surface area contributed by atoms with E-state index in [1.165, 1.54) is 18.0 Å². The lowest BCUT2D eigenvalue weighted by molar-refractivity contribution is 0.897. The Bertz CT molecular complexity index is 556. The van der Waals surface area contributed by atoms with Gasteiger partial charge in [0.2, 0.25) is 5.95 Å². The van der Waals surface area contributed by atoms with E-state index in [1.54, 1.807) is 0 Å². The van der Waals surface area contributed by atoms with Crippen LogP contribution in [0.4, 0.5) is 5.95 Å². The molecule has 3 N–H and O–H groups in total. The van der Waals surface area contributed by atoms with Gasteiger partial charge in [0.15, 0.2) is 5.16 Å². The summed E-state index contributed by atoms with van der Waals surface area (Å²) in [6, 6.07) is 1.90. The molecule has 0 fully saturated rings. The molecule has 0 radical (unpaired) electrons. The van der Waals surface area contributed by atoms with Gasteiger partial charge in [0.1, 0.15) is 5.03 Å². The summed E-state index contributed by atoms with van der Waals surface area (Å²) in [6.45, 7) is 3.82. The number of anilines is 1. The maximum atomic E-state index is 6.01. The summed E-state index contributed by atoms with van der Waals surface area (Å²) >= 11 is 7.28. The van der Waals surface area contributed by atoms with E-state index >= 15 is 0 Å². The number of aromatic nitrogens is 4. The molecular weight excluding hydrogens is 272 g/mol. The molecule has 2 rings (SSSR count). The van der Waals surface area contributed by atoms with Crippen LogP contribution in [0.1, 0.15) is 11.4 Å². The van der Waals surface area contributed by atoms with E-state index < -0.39 is 0 Å². The smallest absolute Gasteiger partial charge is 0.238 e. The summed E-state index contributed by atoms with van der Waals surface area (Å²) in [7, 11) is 0. The first-order valence-corrected chi connectivity index (χ1v) is 6.27. The Morgan fingerprint density at radius 1 is 1.22 bits per heavy atom. The summed E-state index contributed by atoms with van der Waals surface area (Å²) in [6.07, 6.45) is 1.48. The molecule has 2 aromatic rings. The van der Waals surface area contributed by atoms with Crippen LogP contribution < -0.4 is 11.3 Å². The Balaban J connectivity index is 2.33. The van der Waals surface area contributed by atoms with Gasteiger partial charge < -0.3 is 0 Å². The third kappa shape index (κ3) is 3.06. The minimum Gasteiger partial charge on any atom is -0.292 e. The molecule has 0 amide bonds. The Morgan fingerprint density at radius 3 is 2.50 bits per heavy atom. The van der Waals surface area contributed by atoms with Gasteiger partial charge in [0.25, 0.3) is 0 Å². The minimum absolute atomic E-state index is 0.297. The van der Waals surface area contributed by atoms with Crippen molar-refractivity contribution in [3.05, 3.63) is 28.7 Å². The van der Waals surface area contributed by atoms with Gasteiger partial charge >= 0.3 is 0 Å². The highest BCUT2D eigenvalue weighted by Crippen LogP contribution is 2.29. The van der Waals surface area contributed by atoms with Crippen molar-refractivity contribution >= 4 is 29.3 Å². The van der Waals surface area contributed by atoms with E-state index in [1.807, 2.05) is 19.9 Å². The van der Waals surface area contributed by atoms with Crippen molar-refractivity contribution in [2.24, 2.45) is 5.84 Å². The second-order valence-corrected chi connectivity index (χ2v) is 4.89. The molecule has 8 heteroatoms. The maximum absolute atomic E-state index is 6.01. The molecule has 0 aliphatic carbocycles.